The van der Waals surface area contributed by atoms with Gasteiger partial charge in [0, 0.05) is 6.54 Å². The first-order valence-corrected chi connectivity index (χ1v) is 8.25. The van der Waals surface area contributed by atoms with Gasteiger partial charge in [-0.2, -0.15) is 0 Å². The largest absolute Gasteiger partial charge is 0.504 e. The summed E-state index contributed by atoms with van der Waals surface area (Å²) in [6.45, 7) is 0.873. The second-order valence-corrected chi connectivity index (χ2v) is 6.13. The Balaban J connectivity index is 1.64. The van der Waals surface area contributed by atoms with Gasteiger partial charge in [-0.1, -0.05) is 12.1 Å². The maximum absolute atomic E-state index is 13.0. The molecule has 0 bridgehead atoms. The molecule has 2 aromatic carbocycles. The molecule has 2 aliphatic rings. The number of amides is 1. The maximum atomic E-state index is 13.0. The average Bonchev–Trinajstić information content (AvgIpc) is 3.29. The minimum Gasteiger partial charge on any atom is -0.504 e. The normalized spacial score (nSPS) is 18.4. The van der Waals surface area contributed by atoms with E-state index in [2.05, 4.69) is 0 Å². The van der Waals surface area contributed by atoms with Gasteiger partial charge in [-0.25, -0.2) is 0 Å². The highest BCUT2D eigenvalue weighted by Crippen LogP contribution is 2.40. The average molecular weight is 341 g/mol. The van der Waals surface area contributed by atoms with E-state index >= 15 is 0 Å². The minimum absolute atomic E-state index is 0.0485. The molecule has 2 heterocycles. The van der Waals surface area contributed by atoms with Gasteiger partial charge in [0.2, 0.25) is 6.79 Å². The topological polar surface area (TPSA) is 68.2 Å². The van der Waals surface area contributed by atoms with Gasteiger partial charge in [0.15, 0.2) is 23.0 Å². The summed E-state index contributed by atoms with van der Waals surface area (Å²) in [6.07, 6.45) is 1.78. The molecule has 0 saturated carbocycles. The highest BCUT2D eigenvalue weighted by Gasteiger charge is 2.33. The molecule has 6 nitrogen and oxygen atoms in total. The monoisotopic (exact) mass is 341 g/mol. The molecule has 2 aromatic rings. The predicted molar refractivity (Wildman–Crippen MR) is 90.2 cm³/mol. The number of aromatic hydroxyl groups is 1. The molecule has 1 N–H and O–H groups in total. The van der Waals surface area contributed by atoms with Gasteiger partial charge in [-0.05, 0) is 42.7 Å². The Bertz CT molecular complexity index is 819. The molecule has 1 saturated heterocycles. The summed E-state index contributed by atoms with van der Waals surface area (Å²) >= 11 is 0. The first-order valence-electron chi connectivity index (χ1n) is 8.25. The SMILES string of the molecule is COc1cccc(C(=O)N2CCC[C@H]2c2ccc3c(c2)OCO3)c1O. The molecule has 1 amide bonds. The van der Waals surface area contributed by atoms with E-state index in [1.54, 1.807) is 23.1 Å². The quantitative estimate of drug-likeness (QED) is 0.929. The predicted octanol–water partition coefficient (Wildman–Crippen LogP) is 3.11. The van der Waals surface area contributed by atoms with Crippen LogP contribution in [0.3, 0.4) is 0 Å². The Morgan fingerprint density at radius 2 is 2.08 bits per heavy atom. The van der Waals surface area contributed by atoms with E-state index in [9.17, 15) is 9.90 Å². The standard InChI is InChI=1S/C19H19NO5/c1-23-16-6-2-4-13(18(16)21)19(22)20-9-3-5-14(20)12-7-8-15-17(10-12)25-11-24-15/h2,4,6-8,10,14,21H,3,5,9,11H2,1H3/t14-/m0/s1. The summed E-state index contributed by atoms with van der Waals surface area (Å²) in [6, 6.07) is 10.7. The van der Waals surface area contributed by atoms with Crippen molar-refractivity contribution in [3.8, 4) is 23.0 Å². The van der Waals surface area contributed by atoms with Crippen LogP contribution in [0.15, 0.2) is 36.4 Å². The molecule has 2 aliphatic heterocycles. The van der Waals surface area contributed by atoms with Crippen molar-refractivity contribution in [2.24, 2.45) is 0 Å². The number of rotatable bonds is 3. The number of nitrogens with zero attached hydrogens (tertiary/aromatic N) is 1. The van der Waals surface area contributed by atoms with E-state index in [1.165, 1.54) is 7.11 Å². The molecule has 0 aromatic heterocycles. The minimum atomic E-state index is -0.198. The Morgan fingerprint density at radius 3 is 2.92 bits per heavy atom. The molecule has 4 rings (SSSR count). The molecule has 1 atom stereocenters. The van der Waals surface area contributed by atoms with Crippen molar-refractivity contribution in [1.82, 2.24) is 4.90 Å². The van der Waals surface area contributed by atoms with Crippen molar-refractivity contribution in [3.63, 3.8) is 0 Å². The second-order valence-electron chi connectivity index (χ2n) is 6.13. The van der Waals surface area contributed by atoms with Gasteiger partial charge in [-0.3, -0.25) is 4.79 Å². The lowest BCUT2D eigenvalue weighted by molar-refractivity contribution is 0.0731. The Hall–Kier alpha value is -2.89. The Morgan fingerprint density at radius 1 is 1.24 bits per heavy atom. The van der Waals surface area contributed by atoms with Gasteiger partial charge in [-0.15, -0.1) is 0 Å². The van der Waals surface area contributed by atoms with E-state index in [-0.39, 0.29) is 30.1 Å². The highest BCUT2D eigenvalue weighted by atomic mass is 16.7. The van der Waals surface area contributed by atoms with Crippen LogP contribution in [-0.2, 0) is 0 Å². The molecule has 130 valence electrons. The van der Waals surface area contributed by atoms with Crippen LogP contribution in [0.1, 0.15) is 34.8 Å². The molecular weight excluding hydrogens is 322 g/mol. The fourth-order valence-corrected chi connectivity index (χ4v) is 3.49. The van der Waals surface area contributed by atoms with Crippen molar-refractivity contribution < 1.29 is 24.1 Å². The fraction of sp³-hybridized carbons (Fsp3) is 0.316. The number of hydrogen-bond acceptors (Lipinski definition) is 5. The first kappa shape index (κ1) is 15.6. The number of ether oxygens (including phenoxy) is 3. The summed E-state index contributed by atoms with van der Waals surface area (Å²) in [7, 11) is 1.47. The number of likely N-dealkylation sites (tertiary alicyclic amines) is 1. The zero-order chi connectivity index (χ0) is 17.4. The van der Waals surface area contributed by atoms with Gasteiger partial charge in [0.25, 0.3) is 5.91 Å². The van der Waals surface area contributed by atoms with Crippen LogP contribution in [0.2, 0.25) is 0 Å². The van der Waals surface area contributed by atoms with Gasteiger partial charge in [0.1, 0.15) is 0 Å². The molecule has 6 heteroatoms. The van der Waals surface area contributed by atoms with Crippen LogP contribution in [0, 0.1) is 0 Å². The highest BCUT2D eigenvalue weighted by molar-refractivity contribution is 5.98. The van der Waals surface area contributed by atoms with Crippen molar-refractivity contribution in [3.05, 3.63) is 47.5 Å². The van der Waals surface area contributed by atoms with E-state index in [4.69, 9.17) is 14.2 Å². The fourth-order valence-electron chi connectivity index (χ4n) is 3.49. The lowest BCUT2D eigenvalue weighted by atomic mass is 10.0. The third-order valence-corrected chi connectivity index (χ3v) is 4.74. The van der Waals surface area contributed by atoms with Crippen LogP contribution in [0.25, 0.3) is 0 Å². The number of phenols is 1. The Kier molecular flexibility index (Phi) is 3.87. The van der Waals surface area contributed by atoms with Crippen molar-refractivity contribution in [1.29, 1.82) is 0 Å². The van der Waals surface area contributed by atoms with Crippen molar-refractivity contribution in [2.75, 3.05) is 20.4 Å². The van der Waals surface area contributed by atoms with Crippen LogP contribution in [-0.4, -0.2) is 36.4 Å². The second kappa shape index (κ2) is 6.20. The smallest absolute Gasteiger partial charge is 0.258 e. The number of benzene rings is 2. The number of carbonyl (C=O) groups excluding carboxylic acids is 1. The number of carbonyl (C=O) groups is 1. The van der Waals surface area contributed by atoms with E-state index in [0.717, 1.165) is 24.2 Å². The maximum Gasteiger partial charge on any atom is 0.258 e. The van der Waals surface area contributed by atoms with E-state index in [1.807, 2.05) is 18.2 Å². The summed E-state index contributed by atoms with van der Waals surface area (Å²) in [5.74, 6) is 1.42. The van der Waals surface area contributed by atoms with Gasteiger partial charge >= 0.3 is 0 Å². The third-order valence-electron chi connectivity index (χ3n) is 4.74. The summed E-state index contributed by atoms with van der Waals surface area (Å²) in [4.78, 5) is 14.8. The van der Waals surface area contributed by atoms with Crippen LogP contribution >= 0.6 is 0 Å². The molecule has 1 fully saturated rings. The number of para-hydroxylation sites is 1. The number of methoxy groups -OCH3 is 1. The van der Waals surface area contributed by atoms with Gasteiger partial charge in [0.05, 0.1) is 18.7 Å². The molecular formula is C19H19NO5. The molecule has 25 heavy (non-hydrogen) atoms. The van der Waals surface area contributed by atoms with Crippen LogP contribution in [0.5, 0.6) is 23.0 Å². The zero-order valence-electron chi connectivity index (χ0n) is 13.9. The lowest BCUT2D eigenvalue weighted by Gasteiger charge is -2.26. The molecule has 0 spiro atoms. The van der Waals surface area contributed by atoms with Gasteiger partial charge < -0.3 is 24.2 Å². The van der Waals surface area contributed by atoms with E-state index < -0.39 is 0 Å². The number of phenolic OH excluding ortho intramolecular Hbond substituents is 1. The zero-order valence-corrected chi connectivity index (χ0v) is 13.9. The van der Waals surface area contributed by atoms with E-state index in [0.29, 0.717) is 18.0 Å². The molecule has 0 radical (unpaired) electrons. The summed E-state index contributed by atoms with van der Waals surface area (Å²) < 4.78 is 15.9. The van der Waals surface area contributed by atoms with Crippen LogP contribution in [0.4, 0.5) is 0 Å². The van der Waals surface area contributed by atoms with Crippen molar-refractivity contribution in [2.45, 2.75) is 18.9 Å². The summed E-state index contributed by atoms with van der Waals surface area (Å²) in [5, 5.41) is 10.3. The molecule has 0 aliphatic carbocycles. The summed E-state index contributed by atoms with van der Waals surface area (Å²) in [5.41, 5.74) is 1.27. The third kappa shape index (κ3) is 2.63. The molecule has 0 unspecified atom stereocenters. The Labute approximate surface area is 145 Å². The number of hydrogen-bond donors (Lipinski definition) is 1. The van der Waals surface area contributed by atoms with Crippen molar-refractivity contribution >= 4 is 5.91 Å². The number of fused-ring (bicyclic) bond motifs is 1. The first-order chi connectivity index (χ1) is 12.2. The van der Waals surface area contributed by atoms with Crippen LogP contribution < -0.4 is 14.2 Å². The lowest BCUT2D eigenvalue weighted by Crippen LogP contribution is -2.30.